The fourth-order valence-corrected chi connectivity index (χ4v) is 2.69. The van der Waals surface area contributed by atoms with Crippen molar-refractivity contribution < 1.29 is 8.42 Å². The summed E-state index contributed by atoms with van der Waals surface area (Å²) < 4.78 is 26.8. The van der Waals surface area contributed by atoms with Crippen molar-refractivity contribution >= 4 is 21.6 Å². The van der Waals surface area contributed by atoms with Gasteiger partial charge >= 0.3 is 0 Å². The molecule has 0 amide bonds. The summed E-state index contributed by atoms with van der Waals surface area (Å²) in [5.41, 5.74) is 0. The van der Waals surface area contributed by atoms with E-state index < -0.39 is 10.0 Å². The molecule has 0 spiro atoms. The van der Waals surface area contributed by atoms with E-state index in [-0.39, 0.29) is 4.90 Å². The first-order valence-corrected chi connectivity index (χ1v) is 7.04. The minimum Gasteiger partial charge on any atom is -0.270 e. The van der Waals surface area contributed by atoms with Gasteiger partial charge in [-0.1, -0.05) is 6.92 Å². The molecule has 0 N–H and O–H groups in total. The van der Waals surface area contributed by atoms with Crippen LogP contribution in [0, 0.1) is 0 Å². The summed E-state index contributed by atoms with van der Waals surface area (Å²) in [6.45, 7) is 2.94. The van der Waals surface area contributed by atoms with Crippen molar-refractivity contribution in [1.82, 2.24) is 14.1 Å². The molecule has 1 rings (SSSR count). The molecule has 1 aromatic heterocycles. The zero-order valence-electron chi connectivity index (χ0n) is 9.43. The average Bonchev–Trinajstić information content (AvgIpc) is 2.68. The number of aryl methyl sites for hydroxylation is 1. The molecule has 0 fully saturated rings. The van der Waals surface area contributed by atoms with Crippen LogP contribution >= 0.6 is 11.6 Å². The van der Waals surface area contributed by atoms with Gasteiger partial charge in [-0.15, -0.1) is 11.6 Å². The van der Waals surface area contributed by atoms with Crippen LogP contribution in [0.5, 0.6) is 0 Å². The van der Waals surface area contributed by atoms with Crippen LogP contribution in [0.15, 0.2) is 17.3 Å². The van der Waals surface area contributed by atoms with Gasteiger partial charge in [-0.05, 0) is 6.42 Å². The van der Waals surface area contributed by atoms with Gasteiger partial charge in [-0.25, -0.2) is 12.7 Å². The lowest BCUT2D eigenvalue weighted by molar-refractivity contribution is 0.468. The van der Waals surface area contributed by atoms with E-state index in [1.807, 2.05) is 6.92 Å². The molecule has 7 heteroatoms. The molecular weight excluding hydrogens is 250 g/mol. The molecule has 0 atom stereocenters. The summed E-state index contributed by atoms with van der Waals surface area (Å²) >= 11 is 5.55. The Labute approximate surface area is 101 Å². The van der Waals surface area contributed by atoms with Gasteiger partial charge in [0.2, 0.25) is 10.0 Å². The van der Waals surface area contributed by atoms with Gasteiger partial charge in [0.25, 0.3) is 0 Å². The second-order valence-electron chi connectivity index (χ2n) is 3.45. The van der Waals surface area contributed by atoms with Gasteiger partial charge in [0.15, 0.2) is 0 Å². The van der Waals surface area contributed by atoms with E-state index in [1.54, 1.807) is 7.05 Å². The minimum absolute atomic E-state index is 0.216. The number of nitrogens with zero attached hydrogens (tertiary/aromatic N) is 3. The quantitative estimate of drug-likeness (QED) is 0.725. The third-order valence-electron chi connectivity index (χ3n) is 2.17. The highest BCUT2D eigenvalue weighted by Gasteiger charge is 2.21. The molecule has 92 valence electrons. The maximum atomic E-state index is 12.0. The molecular formula is C9H16ClN3O2S. The third kappa shape index (κ3) is 2.96. The Balaban J connectivity index is 2.89. The summed E-state index contributed by atoms with van der Waals surface area (Å²) in [5, 5.41) is 3.94. The van der Waals surface area contributed by atoms with E-state index >= 15 is 0 Å². The summed E-state index contributed by atoms with van der Waals surface area (Å²) in [7, 11) is -1.82. The van der Waals surface area contributed by atoms with E-state index in [0.29, 0.717) is 19.0 Å². The zero-order valence-corrected chi connectivity index (χ0v) is 11.0. The Morgan fingerprint density at radius 1 is 1.56 bits per heavy atom. The van der Waals surface area contributed by atoms with E-state index in [2.05, 4.69) is 5.10 Å². The highest BCUT2D eigenvalue weighted by Crippen LogP contribution is 2.13. The summed E-state index contributed by atoms with van der Waals surface area (Å²) in [4.78, 5) is 0.216. The van der Waals surface area contributed by atoms with Crippen molar-refractivity contribution in [3.8, 4) is 0 Å². The first-order chi connectivity index (χ1) is 7.52. The van der Waals surface area contributed by atoms with Crippen LogP contribution in [-0.2, 0) is 16.6 Å². The van der Waals surface area contributed by atoms with E-state index in [1.165, 1.54) is 21.4 Å². The first-order valence-electron chi connectivity index (χ1n) is 5.07. The Morgan fingerprint density at radius 2 is 2.25 bits per heavy atom. The third-order valence-corrected chi connectivity index (χ3v) is 4.15. The molecule has 1 heterocycles. The lowest BCUT2D eigenvalue weighted by Crippen LogP contribution is -2.27. The van der Waals surface area contributed by atoms with E-state index in [4.69, 9.17) is 11.6 Å². The molecule has 0 bridgehead atoms. The lowest BCUT2D eigenvalue weighted by atomic mass is 10.5. The molecule has 16 heavy (non-hydrogen) atoms. The maximum absolute atomic E-state index is 12.0. The number of sulfonamides is 1. The molecule has 0 radical (unpaired) electrons. The molecule has 0 unspecified atom stereocenters. The minimum atomic E-state index is -3.39. The van der Waals surface area contributed by atoms with Gasteiger partial charge in [0, 0.05) is 25.7 Å². The Kier molecular flexibility index (Phi) is 4.76. The predicted molar refractivity (Wildman–Crippen MR) is 63.1 cm³/mol. The molecule has 0 aromatic carbocycles. The second kappa shape index (κ2) is 5.65. The Hall–Kier alpha value is -0.590. The van der Waals surface area contributed by atoms with Gasteiger partial charge in [-0.3, -0.25) is 4.68 Å². The highest BCUT2D eigenvalue weighted by atomic mass is 35.5. The molecule has 0 saturated heterocycles. The van der Waals surface area contributed by atoms with Crippen LogP contribution < -0.4 is 0 Å². The van der Waals surface area contributed by atoms with Crippen molar-refractivity contribution in [3.05, 3.63) is 12.4 Å². The van der Waals surface area contributed by atoms with Gasteiger partial charge < -0.3 is 0 Å². The van der Waals surface area contributed by atoms with Crippen LogP contribution in [0.1, 0.15) is 13.3 Å². The van der Waals surface area contributed by atoms with Crippen molar-refractivity contribution in [1.29, 1.82) is 0 Å². The number of hydrogen-bond acceptors (Lipinski definition) is 3. The molecule has 1 aromatic rings. The fraction of sp³-hybridized carbons (Fsp3) is 0.667. The van der Waals surface area contributed by atoms with Gasteiger partial charge in [0.05, 0.1) is 12.7 Å². The summed E-state index contributed by atoms with van der Waals surface area (Å²) in [6, 6.07) is 0. The molecule has 0 aliphatic heterocycles. The molecule has 5 nitrogen and oxygen atoms in total. The Bertz CT molecular complexity index is 430. The van der Waals surface area contributed by atoms with Gasteiger partial charge in [-0.2, -0.15) is 5.10 Å². The van der Waals surface area contributed by atoms with Crippen LogP contribution in [-0.4, -0.2) is 42.0 Å². The molecule has 0 saturated carbocycles. The zero-order chi connectivity index (χ0) is 12.2. The Morgan fingerprint density at radius 3 is 2.81 bits per heavy atom. The predicted octanol–water partition coefficient (Wildman–Crippen LogP) is 1.15. The average molecular weight is 266 g/mol. The lowest BCUT2D eigenvalue weighted by Gasteiger charge is -2.14. The SMILES string of the molecule is CCCN(C)S(=O)(=O)c1cnn(CCCl)c1. The fourth-order valence-electron chi connectivity index (χ4n) is 1.30. The van der Waals surface area contributed by atoms with E-state index in [0.717, 1.165) is 6.42 Å². The smallest absolute Gasteiger partial charge is 0.245 e. The number of aromatic nitrogens is 2. The topological polar surface area (TPSA) is 55.2 Å². The van der Waals surface area contributed by atoms with Crippen molar-refractivity contribution in [2.75, 3.05) is 19.5 Å². The largest absolute Gasteiger partial charge is 0.270 e. The van der Waals surface area contributed by atoms with Crippen LogP contribution in [0.3, 0.4) is 0 Å². The summed E-state index contributed by atoms with van der Waals surface area (Å²) in [5.74, 6) is 0.409. The second-order valence-corrected chi connectivity index (χ2v) is 5.88. The van der Waals surface area contributed by atoms with Crippen molar-refractivity contribution in [3.63, 3.8) is 0 Å². The molecule has 0 aliphatic carbocycles. The van der Waals surface area contributed by atoms with Crippen molar-refractivity contribution in [2.45, 2.75) is 24.8 Å². The number of halogens is 1. The maximum Gasteiger partial charge on any atom is 0.245 e. The normalized spacial score (nSPS) is 12.2. The van der Waals surface area contributed by atoms with E-state index in [9.17, 15) is 8.42 Å². The highest BCUT2D eigenvalue weighted by molar-refractivity contribution is 7.89. The van der Waals surface area contributed by atoms with Crippen LogP contribution in [0.4, 0.5) is 0 Å². The monoisotopic (exact) mass is 265 g/mol. The summed E-state index contributed by atoms with van der Waals surface area (Å²) in [6.07, 6.45) is 3.64. The van der Waals surface area contributed by atoms with Gasteiger partial charge in [0.1, 0.15) is 4.90 Å². The number of alkyl halides is 1. The number of hydrogen-bond donors (Lipinski definition) is 0. The standard InChI is InChI=1S/C9H16ClN3O2S/c1-3-5-12(2)16(14,15)9-7-11-13(8-9)6-4-10/h7-8H,3-6H2,1-2H3. The molecule has 0 aliphatic rings. The number of rotatable bonds is 6. The first kappa shape index (κ1) is 13.5. The van der Waals surface area contributed by atoms with Crippen LogP contribution in [0.2, 0.25) is 0 Å². The van der Waals surface area contributed by atoms with Crippen LogP contribution in [0.25, 0.3) is 0 Å². The van der Waals surface area contributed by atoms with Crippen molar-refractivity contribution in [2.24, 2.45) is 0 Å².